The highest BCUT2D eigenvalue weighted by Gasteiger charge is 2.12. The first kappa shape index (κ1) is 11.1. The molecule has 16 heavy (non-hydrogen) atoms. The number of nitrogens with zero attached hydrogens (tertiary/aromatic N) is 3. The van der Waals surface area contributed by atoms with Gasteiger partial charge in [-0.25, -0.2) is 15.0 Å². The molecule has 2 heterocycles. The van der Waals surface area contributed by atoms with Crippen LogP contribution >= 0.6 is 11.8 Å². The standard InChI is InChI=1S/C11H13N3OS/c1-4-9-8(5-12-11(14-9)16-3)10-13-7(2)6-15-10/h5-6H,4H2,1-3H3. The molecular formula is C11H13N3OS. The zero-order valence-corrected chi connectivity index (χ0v) is 10.3. The molecule has 0 saturated heterocycles. The average Bonchev–Trinajstić information content (AvgIpc) is 2.74. The van der Waals surface area contributed by atoms with Crippen molar-refractivity contribution in [2.75, 3.05) is 6.26 Å². The third-order valence-electron chi connectivity index (χ3n) is 2.21. The predicted octanol–water partition coefficient (Wildman–Crippen LogP) is 2.72. The van der Waals surface area contributed by atoms with Crippen molar-refractivity contribution in [3.05, 3.63) is 23.8 Å². The van der Waals surface area contributed by atoms with Gasteiger partial charge in [0.2, 0.25) is 5.89 Å². The molecule has 0 aromatic carbocycles. The van der Waals surface area contributed by atoms with E-state index in [1.807, 2.05) is 13.2 Å². The van der Waals surface area contributed by atoms with Gasteiger partial charge in [0.1, 0.15) is 6.26 Å². The molecule has 0 saturated carbocycles. The van der Waals surface area contributed by atoms with Gasteiger partial charge in [-0.15, -0.1) is 0 Å². The Morgan fingerprint density at radius 1 is 1.38 bits per heavy atom. The third kappa shape index (κ3) is 2.09. The summed E-state index contributed by atoms with van der Waals surface area (Å²) in [7, 11) is 0. The van der Waals surface area contributed by atoms with Gasteiger partial charge in [0.15, 0.2) is 5.16 Å². The Hall–Kier alpha value is -1.36. The predicted molar refractivity (Wildman–Crippen MR) is 63.4 cm³/mol. The molecule has 0 aliphatic carbocycles. The number of hydrogen-bond donors (Lipinski definition) is 0. The van der Waals surface area contributed by atoms with Gasteiger partial charge in [-0.2, -0.15) is 0 Å². The molecule has 2 rings (SSSR count). The summed E-state index contributed by atoms with van der Waals surface area (Å²) in [4.78, 5) is 13.0. The summed E-state index contributed by atoms with van der Waals surface area (Å²) >= 11 is 1.53. The molecule has 0 aliphatic heterocycles. The Morgan fingerprint density at radius 3 is 2.75 bits per heavy atom. The van der Waals surface area contributed by atoms with Crippen LogP contribution in [0.5, 0.6) is 0 Å². The van der Waals surface area contributed by atoms with E-state index in [4.69, 9.17) is 4.42 Å². The van der Waals surface area contributed by atoms with E-state index in [0.717, 1.165) is 28.5 Å². The maximum absolute atomic E-state index is 5.37. The Morgan fingerprint density at radius 2 is 2.19 bits per heavy atom. The normalized spacial score (nSPS) is 10.7. The minimum atomic E-state index is 0.599. The second-order valence-electron chi connectivity index (χ2n) is 3.36. The van der Waals surface area contributed by atoms with Gasteiger partial charge in [0, 0.05) is 6.20 Å². The van der Waals surface area contributed by atoms with Crippen molar-refractivity contribution in [1.29, 1.82) is 0 Å². The van der Waals surface area contributed by atoms with E-state index >= 15 is 0 Å². The molecule has 0 aliphatic rings. The molecule has 0 fully saturated rings. The second-order valence-corrected chi connectivity index (χ2v) is 4.14. The maximum atomic E-state index is 5.37. The van der Waals surface area contributed by atoms with E-state index in [0.29, 0.717) is 5.89 Å². The Labute approximate surface area is 98.5 Å². The number of aryl methyl sites for hydroxylation is 2. The van der Waals surface area contributed by atoms with Crippen LogP contribution in [-0.2, 0) is 6.42 Å². The summed E-state index contributed by atoms with van der Waals surface area (Å²) < 4.78 is 5.37. The minimum Gasteiger partial charge on any atom is -0.444 e. The van der Waals surface area contributed by atoms with Gasteiger partial charge in [-0.3, -0.25) is 0 Å². The van der Waals surface area contributed by atoms with Crippen LogP contribution in [0.1, 0.15) is 18.3 Å². The molecule has 2 aromatic heterocycles. The Kier molecular flexibility index (Phi) is 3.24. The SMILES string of the molecule is CCc1nc(SC)ncc1-c1nc(C)co1. The lowest BCUT2D eigenvalue weighted by atomic mass is 10.2. The van der Waals surface area contributed by atoms with Gasteiger partial charge in [0.25, 0.3) is 0 Å². The largest absolute Gasteiger partial charge is 0.444 e. The van der Waals surface area contributed by atoms with Gasteiger partial charge in [-0.1, -0.05) is 18.7 Å². The van der Waals surface area contributed by atoms with E-state index in [2.05, 4.69) is 21.9 Å². The van der Waals surface area contributed by atoms with Crippen LogP contribution < -0.4 is 0 Å². The first-order chi connectivity index (χ1) is 7.74. The fourth-order valence-electron chi connectivity index (χ4n) is 1.42. The number of thioether (sulfide) groups is 1. The average molecular weight is 235 g/mol. The highest BCUT2D eigenvalue weighted by atomic mass is 32.2. The lowest BCUT2D eigenvalue weighted by Gasteiger charge is -2.03. The molecule has 84 valence electrons. The van der Waals surface area contributed by atoms with E-state index in [1.54, 1.807) is 12.5 Å². The van der Waals surface area contributed by atoms with Crippen LogP contribution in [0.15, 0.2) is 22.0 Å². The van der Waals surface area contributed by atoms with E-state index in [1.165, 1.54) is 11.8 Å². The van der Waals surface area contributed by atoms with Crippen molar-refractivity contribution >= 4 is 11.8 Å². The molecule has 2 aromatic rings. The van der Waals surface area contributed by atoms with Crippen molar-refractivity contribution in [3.63, 3.8) is 0 Å². The fourth-order valence-corrected chi connectivity index (χ4v) is 1.78. The smallest absolute Gasteiger partial charge is 0.229 e. The second kappa shape index (κ2) is 4.65. The van der Waals surface area contributed by atoms with E-state index < -0.39 is 0 Å². The molecule has 5 heteroatoms. The van der Waals surface area contributed by atoms with Crippen LogP contribution in [0.4, 0.5) is 0 Å². The van der Waals surface area contributed by atoms with Crippen molar-refractivity contribution in [3.8, 4) is 11.5 Å². The summed E-state index contributed by atoms with van der Waals surface area (Å²) in [6.07, 6.45) is 6.22. The molecule has 0 radical (unpaired) electrons. The Bertz CT molecular complexity index is 496. The highest BCUT2D eigenvalue weighted by molar-refractivity contribution is 7.98. The van der Waals surface area contributed by atoms with E-state index in [-0.39, 0.29) is 0 Å². The van der Waals surface area contributed by atoms with Crippen LogP contribution in [0.2, 0.25) is 0 Å². The van der Waals surface area contributed by atoms with Crippen LogP contribution in [0.3, 0.4) is 0 Å². The number of aromatic nitrogens is 3. The first-order valence-electron chi connectivity index (χ1n) is 5.07. The summed E-state index contributed by atoms with van der Waals surface area (Å²) in [5.74, 6) is 0.599. The fraction of sp³-hybridized carbons (Fsp3) is 0.364. The maximum Gasteiger partial charge on any atom is 0.229 e. The lowest BCUT2D eigenvalue weighted by molar-refractivity contribution is 0.571. The zero-order chi connectivity index (χ0) is 11.5. The topological polar surface area (TPSA) is 51.8 Å². The molecule has 0 spiro atoms. The van der Waals surface area contributed by atoms with Gasteiger partial charge >= 0.3 is 0 Å². The molecule has 0 atom stereocenters. The monoisotopic (exact) mass is 235 g/mol. The molecule has 0 unspecified atom stereocenters. The van der Waals surface area contributed by atoms with Gasteiger partial charge in [-0.05, 0) is 19.6 Å². The number of rotatable bonds is 3. The Balaban J connectivity index is 2.48. The molecule has 4 nitrogen and oxygen atoms in total. The first-order valence-corrected chi connectivity index (χ1v) is 6.29. The van der Waals surface area contributed by atoms with Crippen LogP contribution in [0, 0.1) is 6.92 Å². The summed E-state index contributed by atoms with van der Waals surface area (Å²) in [5, 5.41) is 0.781. The summed E-state index contributed by atoms with van der Waals surface area (Å²) in [5.41, 5.74) is 2.72. The van der Waals surface area contributed by atoms with Crippen molar-refractivity contribution < 1.29 is 4.42 Å². The highest BCUT2D eigenvalue weighted by Crippen LogP contribution is 2.23. The van der Waals surface area contributed by atoms with E-state index in [9.17, 15) is 0 Å². The van der Waals surface area contributed by atoms with Gasteiger partial charge < -0.3 is 4.42 Å². The van der Waals surface area contributed by atoms with Crippen LogP contribution in [0.25, 0.3) is 11.5 Å². The number of oxazole rings is 1. The molecule has 0 N–H and O–H groups in total. The summed E-state index contributed by atoms with van der Waals surface area (Å²) in [6.45, 7) is 3.96. The third-order valence-corrected chi connectivity index (χ3v) is 2.77. The van der Waals surface area contributed by atoms with Crippen molar-refractivity contribution in [2.45, 2.75) is 25.4 Å². The quantitative estimate of drug-likeness (QED) is 0.604. The van der Waals surface area contributed by atoms with Crippen molar-refractivity contribution in [1.82, 2.24) is 15.0 Å². The molecule has 0 amide bonds. The zero-order valence-electron chi connectivity index (χ0n) is 9.52. The molecule has 0 bridgehead atoms. The van der Waals surface area contributed by atoms with Crippen molar-refractivity contribution in [2.24, 2.45) is 0 Å². The lowest BCUT2D eigenvalue weighted by Crippen LogP contribution is -1.97. The van der Waals surface area contributed by atoms with Gasteiger partial charge in [0.05, 0.1) is 17.0 Å². The molecular weight excluding hydrogens is 222 g/mol. The minimum absolute atomic E-state index is 0.599. The summed E-state index contributed by atoms with van der Waals surface area (Å²) in [6, 6.07) is 0. The number of hydrogen-bond acceptors (Lipinski definition) is 5. The van der Waals surface area contributed by atoms with Crippen LogP contribution in [-0.4, -0.2) is 21.2 Å².